The van der Waals surface area contributed by atoms with Crippen LogP contribution in [-0.2, 0) is 6.42 Å². The van der Waals surface area contributed by atoms with Gasteiger partial charge < -0.3 is 0 Å². The van der Waals surface area contributed by atoms with Gasteiger partial charge in [-0.25, -0.2) is 0 Å². The Bertz CT molecular complexity index is 309. The van der Waals surface area contributed by atoms with E-state index in [1.807, 2.05) is 13.0 Å². The SMILES string of the molecule is CCc1c(Br)ccnc1C(C)=O. The van der Waals surface area contributed by atoms with Crippen LogP contribution in [-0.4, -0.2) is 10.8 Å². The second-order valence-corrected chi connectivity index (χ2v) is 3.38. The van der Waals surface area contributed by atoms with Gasteiger partial charge in [-0.05, 0) is 18.1 Å². The third-order valence-corrected chi connectivity index (χ3v) is 2.43. The Hall–Kier alpha value is -0.700. The molecule has 1 aromatic rings. The molecule has 0 fully saturated rings. The number of carbonyl (C=O) groups excluding carboxylic acids is 1. The molecular weight excluding hydrogens is 218 g/mol. The van der Waals surface area contributed by atoms with Gasteiger partial charge in [-0.1, -0.05) is 22.9 Å². The molecule has 0 aromatic carbocycles. The van der Waals surface area contributed by atoms with Gasteiger partial charge in [0.2, 0.25) is 0 Å². The van der Waals surface area contributed by atoms with Gasteiger partial charge in [0.1, 0.15) is 5.69 Å². The highest BCUT2D eigenvalue weighted by molar-refractivity contribution is 9.10. The molecule has 1 aromatic heterocycles. The summed E-state index contributed by atoms with van der Waals surface area (Å²) in [6.45, 7) is 3.54. The van der Waals surface area contributed by atoms with Crippen LogP contribution in [0.4, 0.5) is 0 Å². The first-order valence-electron chi connectivity index (χ1n) is 3.81. The Balaban J connectivity index is 3.27. The number of hydrogen-bond donors (Lipinski definition) is 0. The third-order valence-electron chi connectivity index (χ3n) is 1.69. The Kier molecular flexibility index (Phi) is 2.98. The number of hydrogen-bond acceptors (Lipinski definition) is 2. The highest BCUT2D eigenvalue weighted by Gasteiger charge is 2.09. The number of carbonyl (C=O) groups is 1. The summed E-state index contributed by atoms with van der Waals surface area (Å²) in [5.41, 5.74) is 1.57. The quantitative estimate of drug-likeness (QED) is 0.728. The first-order valence-corrected chi connectivity index (χ1v) is 4.60. The van der Waals surface area contributed by atoms with E-state index in [0.717, 1.165) is 16.5 Å². The fraction of sp³-hybridized carbons (Fsp3) is 0.333. The number of aromatic nitrogens is 1. The zero-order valence-corrected chi connectivity index (χ0v) is 8.68. The van der Waals surface area contributed by atoms with Crippen molar-refractivity contribution in [3.05, 3.63) is 28.0 Å². The van der Waals surface area contributed by atoms with Gasteiger partial charge in [0.05, 0.1) is 0 Å². The fourth-order valence-corrected chi connectivity index (χ4v) is 1.69. The van der Waals surface area contributed by atoms with Crippen LogP contribution in [0.25, 0.3) is 0 Å². The first kappa shape index (κ1) is 9.39. The van der Waals surface area contributed by atoms with Crippen LogP contribution in [0.5, 0.6) is 0 Å². The molecule has 0 N–H and O–H groups in total. The van der Waals surface area contributed by atoms with Crippen molar-refractivity contribution in [1.82, 2.24) is 4.98 Å². The first-order chi connectivity index (χ1) is 5.66. The Morgan fingerprint density at radius 3 is 2.75 bits per heavy atom. The minimum atomic E-state index is 0.0214. The van der Waals surface area contributed by atoms with Crippen LogP contribution < -0.4 is 0 Å². The second kappa shape index (κ2) is 3.81. The molecule has 12 heavy (non-hydrogen) atoms. The van der Waals surface area contributed by atoms with Crippen molar-refractivity contribution in [2.45, 2.75) is 20.3 Å². The molecule has 0 radical (unpaired) electrons. The molecule has 2 nitrogen and oxygen atoms in total. The minimum absolute atomic E-state index is 0.0214. The van der Waals surface area contributed by atoms with Gasteiger partial charge in [-0.3, -0.25) is 9.78 Å². The van der Waals surface area contributed by atoms with Crippen LogP contribution in [0.3, 0.4) is 0 Å². The van der Waals surface area contributed by atoms with Crippen LogP contribution in [0.1, 0.15) is 29.9 Å². The van der Waals surface area contributed by atoms with E-state index < -0.39 is 0 Å². The molecule has 1 heterocycles. The van der Waals surface area contributed by atoms with E-state index in [2.05, 4.69) is 20.9 Å². The third kappa shape index (κ3) is 1.72. The minimum Gasteiger partial charge on any atom is -0.293 e. The average Bonchev–Trinajstić information content (AvgIpc) is 2.03. The molecule has 0 atom stereocenters. The lowest BCUT2D eigenvalue weighted by Gasteiger charge is -2.04. The van der Waals surface area contributed by atoms with Crippen molar-refractivity contribution in [3.8, 4) is 0 Å². The fourth-order valence-electron chi connectivity index (χ4n) is 1.11. The van der Waals surface area contributed by atoms with Gasteiger partial charge >= 0.3 is 0 Å². The van der Waals surface area contributed by atoms with E-state index in [-0.39, 0.29) is 5.78 Å². The van der Waals surface area contributed by atoms with Crippen molar-refractivity contribution >= 4 is 21.7 Å². The Morgan fingerprint density at radius 1 is 1.67 bits per heavy atom. The molecule has 0 aliphatic heterocycles. The lowest BCUT2D eigenvalue weighted by atomic mass is 10.1. The van der Waals surface area contributed by atoms with Gasteiger partial charge in [0, 0.05) is 17.6 Å². The summed E-state index contributed by atoms with van der Waals surface area (Å²) < 4.78 is 0.963. The summed E-state index contributed by atoms with van der Waals surface area (Å²) in [5, 5.41) is 0. The van der Waals surface area contributed by atoms with E-state index in [0.29, 0.717) is 5.69 Å². The summed E-state index contributed by atoms with van der Waals surface area (Å²) in [6.07, 6.45) is 2.46. The Labute approximate surface area is 80.1 Å². The van der Waals surface area contributed by atoms with E-state index in [1.54, 1.807) is 6.20 Å². The summed E-state index contributed by atoms with van der Waals surface area (Å²) in [7, 11) is 0. The van der Waals surface area contributed by atoms with Crippen LogP contribution in [0, 0.1) is 0 Å². The standard InChI is InChI=1S/C9H10BrNO/c1-3-7-8(10)4-5-11-9(7)6(2)12/h4-5H,3H2,1-2H3. The van der Waals surface area contributed by atoms with Gasteiger partial charge in [0.15, 0.2) is 5.78 Å². The normalized spacial score (nSPS) is 9.92. The van der Waals surface area contributed by atoms with Gasteiger partial charge in [-0.2, -0.15) is 0 Å². The number of Topliss-reactive ketones (excluding diaryl/α,β-unsaturated/α-hetero) is 1. The maximum atomic E-state index is 11.1. The van der Waals surface area contributed by atoms with E-state index in [4.69, 9.17) is 0 Å². The summed E-state index contributed by atoms with van der Waals surface area (Å²) in [4.78, 5) is 15.1. The van der Waals surface area contributed by atoms with Crippen LogP contribution in [0.15, 0.2) is 16.7 Å². The molecule has 0 saturated heterocycles. The number of nitrogens with zero attached hydrogens (tertiary/aromatic N) is 1. The second-order valence-electron chi connectivity index (χ2n) is 2.53. The van der Waals surface area contributed by atoms with Crippen molar-refractivity contribution < 1.29 is 4.79 Å². The number of ketones is 1. The molecule has 0 unspecified atom stereocenters. The molecule has 3 heteroatoms. The smallest absolute Gasteiger partial charge is 0.178 e. The van der Waals surface area contributed by atoms with Crippen LogP contribution in [0.2, 0.25) is 0 Å². The predicted molar refractivity (Wildman–Crippen MR) is 51.3 cm³/mol. The summed E-state index contributed by atoms with van der Waals surface area (Å²) in [5.74, 6) is 0.0214. The maximum Gasteiger partial charge on any atom is 0.178 e. The molecule has 0 bridgehead atoms. The highest BCUT2D eigenvalue weighted by atomic mass is 79.9. The summed E-state index contributed by atoms with van der Waals surface area (Å²) >= 11 is 3.38. The topological polar surface area (TPSA) is 30.0 Å². The van der Waals surface area contributed by atoms with Crippen molar-refractivity contribution in [2.75, 3.05) is 0 Å². The van der Waals surface area contributed by atoms with Crippen molar-refractivity contribution in [1.29, 1.82) is 0 Å². The molecule has 0 saturated carbocycles. The monoisotopic (exact) mass is 227 g/mol. The van der Waals surface area contributed by atoms with E-state index in [1.165, 1.54) is 6.92 Å². The predicted octanol–water partition coefficient (Wildman–Crippen LogP) is 2.61. The van der Waals surface area contributed by atoms with Crippen molar-refractivity contribution in [2.24, 2.45) is 0 Å². The number of rotatable bonds is 2. The van der Waals surface area contributed by atoms with Gasteiger partial charge in [-0.15, -0.1) is 0 Å². The van der Waals surface area contributed by atoms with E-state index >= 15 is 0 Å². The lowest BCUT2D eigenvalue weighted by molar-refractivity contribution is 0.101. The maximum absolute atomic E-state index is 11.1. The number of pyridine rings is 1. The molecule has 1 rings (SSSR count). The van der Waals surface area contributed by atoms with E-state index in [9.17, 15) is 4.79 Å². The zero-order valence-electron chi connectivity index (χ0n) is 7.10. The average molecular weight is 228 g/mol. The molecule has 0 aliphatic carbocycles. The lowest BCUT2D eigenvalue weighted by Crippen LogP contribution is -2.02. The van der Waals surface area contributed by atoms with Crippen molar-refractivity contribution in [3.63, 3.8) is 0 Å². The molecule has 0 amide bonds. The molecular formula is C9H10BrNO. The van der Waals surface area contributed by atoms with Gasteiger partial charge in [0.25, 0.3) is 0 Å². The van der Waals surface area contributed by atoms with Crippen LogP contribution >= 0.6 is 15.9 Å². The largest absolute Gasteiger partial charge is 0.293 e. The number of halogens is 1. The Morgan fingerprint density at radius 2 is 2.33 bits per heavy atom. The molecule has 64 valence electrons. The molecule has 0 spiro atoms. The highest BCUT2D eigenvalue weighted by Crippen LogP contribution is 2.19. The zero-order chi connectivity index (χ0) is 9.14. The molecule has 0 aliphatic rings. The summed E-state index contributed by atoms with van der Waals surface area (Å²) in [6, 6.07) is 1.85.